The third-order valence-electron chi connectivity index (χ3n) is 5.30. The summed E-state index contributed by atoms with van der Waals surface area (Å²) in [6.45, 7) is 3.08. The first kappa shape index (κ1) is 18.5. The van der Waals surface area contributed by atoms with E-state index in [9.17, 15) is 13.2 Å². The number of hydrogen-bond donors (Lipinski definition) is 2. The summed E-state index contributed by atoms with van der Waals surface area (Å²) in [6, 6.07) is 12.3. The molecular formula is C20H22N4O3S. The molecule has 146 valence electrons. The zero-order valence-corrected chi connectivity index (χ0v) is 16.4. The molecule has 0 radical (unpaired) electrons. The highest BCUT2D eigenvalue weighted by atomic mass is 32.2. The molecule has 4 rings (SSSR count). The third kappa shape index (κ3) is 3.35. The Labute approximate surface area is 164 Å². The maximum Gasteiger partial charge on any atom is 0.285 e. The topological polar surface area (TPSA) is 105 Å². The molecule has 0 unspecified atom stereocenters. The van der Waals surface area contributed by atoms with Gasteiger partial charge in [0.2, 0.25) is 5.91 Å². The van der Waals surface area contributed by atoms with E-state index in [0.717, 1.165) is 11.3 Å². The van der Waals surface area contributed by atoms with Crippen LogP contribution < -0.4 is 11.1 Å². The van der Waals surface area contributed by atoms with Gasteiger partial charge in [-0.05, 0) is 49.6 Å². The van der Waals surface area contributed by atoms with E-state index < -0.39 is 10.0 Å². The van der Waals surface area contributed by atoms with E-state index in [1.165, 1.54) is 0 Å². The molecule has 1 amide bonds. The lowest BCUT2D eigenvalue weighted by molar-refractivity contribution is -0.121. The fraction of sp³-hybridized carbons (Fsp3) is 0.300. The van der Waals surface area contributed by atoms with Crippen molar-refractivity contribution in [2.75, 3.05) is 24.1 Å². The van der Waals surface area contributed by atoms with E-state index in [1.54, 1.807) is 30.3 Å². The van der Waals surface area contributed by atoms with Crippen molar-refractivity contribution in [1.29, 1.82) is 0 Å². The monoisotopic (exact) mass is 398 g/mol. The minimum Gasteiger partial charge on any atom is -0.399 e. The Morgan fingerprint density at radius 2 is 1.89 bits per heavy atom. The summed E-state index contributed by atoms with van der Waals surface area (Å²) in [5.74, 6) is 0.321. The van der Waals surface area contributed by atoms with Gasteiger partial charge in [0, 0.05) is 35.9 Å². The van der Waals surface area contributed by atoms with Crippen LogP contribution in [0.3, 0.4) is 0 Å². The first-order valence-corrected chi connectivity index (χ1v) is 10.7. The molecule has 1 fully saturated rings. The summed E-state index contributed by atoms with van der Waals surface area (Å²) < 4.78 is 28.5. The van der Waals surface area contributed by atoms with Gasteiger partial charge in [-0.15, -0.1) is 4.40 Å². The van der Waals surface area contributed by atoms with Gasteiger partial charge in [0.05, 0.1) is 0 Å². The van der Waals surface area contributed by atoms with E-state index in [0.29, 0.717) is 43.0 Å². The number of nitrogens with one attached hydrogen (secondary N) is 1. The number of benzene rings is 2. The number of rotatable bonds is 2. The molecule has 0 atom stereocenters. The molecule has 8 heteroatoms. The zero-order valence-electron chi connectivity index (χ0n) is 15.6. The van der Waals surface area contributed by atoms with E-state index >= 15 is 0 Å². The minimum atomic E-state index is -3.63. The molecule has 2 aliphatic rings. The van der Waals surface area contributed by atoms with Crippen LogP contribution in [0.1, 0.15) is 24.0 Å². The lowest BCUT2D eigenvalue weighted by Crippen LogP contribution is -2.41. The number of likely N-dealkylation sites (tertiary alicyclic amines) is 1. The second-order valence-electron chi connectivity index (χ2n) is 7.21. The molecule has 0 aromatic heterocycles. The highest BCUT2D eigenvalue weighted by Gasteiger charge is 2.34. The van der Waals surface area contributed by atoms with Gasteiger partial charge in [0.25, 0.3) is 10.0 Å². The first-order chi connectivity index (χ1) is 13.3. The number of nitrogens with two attached hydrogens (primary N) is 1. The van der Waals surface area contributed by atoms with Crippen molar-refractivity contribution < 1.29 is 13.2 Å². The maximum absolute atomic E-state index is 12.7. The molecule has 3 N–H and O–H groups in total. The standard InChI is InChI=1S/C20H22N4O3S/c1-13-6-7-15(21)12-17(13)22-20(25)14-8-10-24(11-9-14)19-16-4-2-3-5-18(16)28(26,27)23-19/h2-7,12,14H,8-11,21H2,1H3,(H,22,25). The number of amides is 1. The number of carbonyl (C=O) groups excluding carboxylic acids is 1. The fourth-order valence-electron chi connectivity index (χ4n) is 3.68. The predicted octanol–water partition coefficient (Wildman–Crippen LogP) is 2.38. The number of carbonyl (C=O) groups is 1. The number of aryl methyl sites for hydroxylation is 1. The third-order valence-corrected chi connectivity index (χ3v) is 6.62. The van der Waals surface area contributed by atoms with Crippen LogP contribution in [0.2, 0.25) is 0 Å². The van der Waals surface area contributed by atoms with Crippen LogP contribution in [0.15, 0.2) is 51.8 Å². The van der Waals surface area contributed by atoms with Crippen LogP contribution >= 0.6 is 0 Å². The molecule has 7 nitrogen and oxygen atoms in total. The quantitative estimate of drug-likeness (QED) is 0.756. The van der Waals surface area contributed by atoms with Gasteiger partial charge in [0.1, 0.15) is 4.90 Å². The molecule has 28 heavy (non-hydrogen) atoms. The van der Waals surface area contributed by atoms with Crippen LogP contribution in [0.5, 0.6) is 0 Å². The molecule has 1 saturated heterocycles. The SMILES string of the molecule is Cc1ccc(N)cc1NC(=O)C1CCN(C2=NS(=O)(=O)c3ccccc32)CC1. The van der Waals surface area contributed by atoms with Gasteiger partial charge < -0.3 is 16.0 Å². The molecule has 0 spiro atoms. The molecule has 2 aromatic carbocycles. The number of hydrogen-bond acceptors (Lipinski definition) is 5. The second-order valence-corrected chi connectivity index (χ2v) is 8.78. The van der Waals surface area contributed by atoms with Crippen LogP contribution in [0, 0.1) is 12.8 Å². The Morgan fingerprint density at radius 3 is 2.64 bits per heavy atom. The van der Waals surface area contributed by atoms with Crippen LogP contribution in [-0.4, -0.2) is 38.2 Å². The highest BCUT2D eigenvalue weighted by Crippen LogP contribution is 2.30. The Kier molecular flexibility index (Phi) is 4.58. The summed E-state index contributed by atoms with van der Waals surface area (Å²) in [5, 5.41) is 2.97. The van der Waals surface area contributed by atoms with Crippen molar-refractivity contribution in [3.63, 3.8) is 0 Å². The summed E-state index contributed by atoms with van der Waals surface area (Å²) in [7, 11) is -3.63. The van der Waals surface area contributed by atoms with E-state index in [1.807, 2.05) is 24.0 Å². The Morgan fingerprint density at radius 1 is 1.18 bits per heavy atom. The van der Waals surface area contributed by atoms with Gasteiger partial charge >= 0.3 is 0 Å². The van der Waals surface area contributed by atoms with E-state index in [-0.39, 0.29) is 16.7 Å². The Balaban J connectivity index is 1.44. The number of fused-ring (bicyclic) bond motifs is 1. The minimum absolute atomic E-state index is 0.0327. The summed E-state index contributed by atoms with van der Waals surface area (Å²) >= 11 is 0. The smallest absolute Gasteiger partial charge is 0.285 e. The number of amidine groups is 1. The highest BCUT2D eigenvalue weighted by molar-refractivity contribution is 7.90. The van der Waals surface area contributed by atoms with E-state index in [2.05, 4.69) is 9.71 Å². The van der Waals surface area contributed by atoms with Gasteiger partial charge in [-0.3, -0.25) is 4.79 Å². The molecular weight excluding hydrogens is 376 g/mol. The number of anilines is 2. The van der Waals surface area contributed by atoms with Crippen molar-refractivity contribution in [2.24, 2.45) is 10.3 Å². The van der Waals surface area contributed by atoms with Crippen LogP contribution in [-0.2, 0) is 14.8 Å². The normalized spacial score (nSPS) is 18.5. The van der Waals surface area contributed by atoms with Crippen molar-refractivity contribution in [1.82, 2.24) is 4.90 Å². The average Bonchev–Trinajstić information content (AvgIpc) is 2.96. The maximum atomic E-state index is 12.7. The molecule has 0 aliphatic carbocycles. The lowest BCUT2D eigenvalue weighted by Gasteiger charge is -2.32. The van der Waals surface area contributed by atoms with Crippen molar-refractivity contribution in [3.8, 4) is 0 Å². The van der Waals surface area contributed by atoms with Gasteiger partial charge in [-0.25, -0.2) is 0 Å². The summed E-state index contributed by atoms with van der Waals surface area (Å²) in [6.07, 6.45) is 1.27. The van der Waals surface area contributed by atoms with Gasteiger partial charge in [-0.2, -0.15) is 8.42 Å². The van der Waals surface area contributed by atoms with Crippen LogP contribution in [0.25, 0.3) is 0 Å². The molecule has 0 bridgehead atoms. The molecule has 2 heterocycles. The summed E-state index contributed by atoms with van der Waals surface area (Å²) in [4.78, 5) is 14.9. The average molecular weight is 398 g/mol. The predicted molar refractivity (Wildman–Crippen MR) is 109 cm³/mol. The largest absolute Gasteiger partial charge is 0.399 e. The number of nitrogens with zero attached hydrogens (tertiary/aromatic N) is 2. The number of nitrogen functional groups attached to an aromatic ring is 1. The zero-order chi connectivity index (χ0) is 19.9. The Hall–Kier alpha value is -2.87. The lowest BCUT2D eigenvalue weighted by atomic mass is 9.95. The van der Waals surface area contributed by atoms with Crippen molar-refractivity contribution in [2.45, 2.75) is 24.7 Å². The number of piperidine rings is 1. The Bertz CT molecular complexity index is 1070. The van der Waals surface area contributed by atoms with Crippen molar-refractivity contribution >= 4 is 33.1 Å². The first-order valence-electron chi connectivity index (χ1n) is 9.21. The van der Waals surface area contributed by atoms with E-state index in [4.69, 9.17) is 5.73 Å². The molecule has 2 aliphatic heterocycles. The van der Waals surface area contributed by atoms with Crippen LogP contribution in [0.4, 0.5) is 11.4 Å². The van der Waals surface area contributed by atoms with Crippen molar-refractivity contribution in [3.05, 3.63) is 53.6 Å². The molecule has 0 saturated carbocycles. The van der Waals surface area contributed by atoms with Gasteiger partial charge in [-0.1, -0.05) is 18.2 Å². The number of sulfonamides is 1. The fourth-order valence-corrected chi connectivity index (χ4v) is 4.91. The van der Waals surface area contributed by atoms with Gasteiger partial charge in [0.15, 0.2) is 5.84 Å². The summed E-state index contributed by atoms with van der Waals surface area (Å²) in [5.41, 5.74) is 8.75. The molecule has 2 aromatic rings. The second kappa shape index (κ2) is 6.94.